The highest BCUT2D eigenvalue weighted by molar-refractivity contribution is 5.82. The largest absolute Gasteiger partial charge is 0.491 e. The number of nitrogens with one attached hydrogen (secondary N) is 1. The smallest absolute Gasteiger partial charge is 0.251 e. The van der Waals surface area contributed by atoms with Crippen LogP contribution in [0, 0.1) is 5.82 Å². The first-order valence-corrected chi connectivity index (χ1v) is 7.55. The first-order chi connectivity index (χ1) is 11.2. The van der Waals surface area contributed by atoms with Crippen molar-refractivity contribution in [2.24, 2.45) is 0 Å². The topological polar surface area (TPSA) is 47.6 Å². The minimum absolute atomic E-state index is 0.237. The molecular formula is C18H20FNO3. The molecule has 0 bridgehead atoms. The average Bonchev–Trinajstić information content (AvgIpc) is 2.58. The van der Waals surface area contributed by atoms with Gasteiger partial charge in [-0.3, -0.25) is 9.63 Å². The van der Waals surface area contributed by atoms with Gasteiger partial charge in [-0.1, -0.05) is 37.3 Å². The fraction of sp³-hybridized carbons (Fsp3) is 0.278. The lowest BCUT2D eigenvalue weighted by Crippen LogP contribution is -2.30. The van der Waals surface area contributed by atoms with Gasteiger partial charge in [-0.05, 0) is 36.2 Å². The maximum atomic E-state index is 12.9. The Kier molecular flexibility index (Phi) is 6.56. The average molecular weight is 317 g/mol. The number of carbonyl (C=O) groups is 1. The highest BCUT2D eigenvalue weighted by Gasteiger charge is 2.18. The van der Waals surface area contributed by atoms with E-state index in [9.17, 15) is 9.18 Å². The second kappa shape index (κ2) is 8.90. The third-order valence-electron chi connectivity index (χ3n) is 3.37. The van der Waals surface area contributed by atoms with Crippen LogP contribution in [0.2, 0.25) is 0 Å². The molecule has 0 saturated carbocycles. The molecule has 5 heteroatoms. The highest BCUT2D eigenvalue weighted by Crippen LogP contribution is 2.20. The van der Waals surface area contributed by atoms with E-state index in [1.165, 1.54) is 12.1 Å². The van der Waals surface area contributed by atoms with Crippen LogP contribution in [0.25, 0.3) is 0 Å². The van der Waals surface area contributed by atoms with Crippen molar-refractivity contribution in [1.82, 2.24) is 5.48 Å². The van der Waals surface area contributed by atoms with E-state index in [1.807, 2.05) is 37.3 Å². The normalized spacial score (nSPS) is 11.7. The van der Waals surface area contributed by atoms with Gasteiger partial charge in [0.1, 0.15) is 24.8 Å². The summed E-state index contributed by atoms with van der Waals surface area (Å²) < 4.78 is 18.4. The molecule has 1 N–H and O–H groups in total. The van der Waals surface area contributed by atoms with Gasteiger partial charge in [-0.25, -0.2) is 9.87 Å². The molecular weight excluding hydrogens is 297 g/mol. The van der Waals surface area contributed by atoms with Gasteiger partial charge in [-0.2, -0.15) is 0 Å². The van der Waals surface area contributed by atoms with Crippen molar-refractivity contribution in [3.05, 3.63) is 66.0 Å². The fourth-order valence-electron chi connectivity index (χ4n) is 2.18. The molecule has 0 spiro atoms. The molecule has 0 aromatic heterocycles. The molecule has 1 atom stereocenters. The van der Waals surface area contributed by atoms with Gasteiger partial charge >= 0.3 is 0 Å². The van der Waals surface area contributed by atoms with Gasteiger partial charge in [-0.15, -0.1) is 0 Å². The zero-order valence-electron chi connectivity index (χ0n) is 13.0. The minimum Gasteiger partial charge on any atom is -0.491 e. The molecule has 2 aromatic rings. The Bertz CT molecular complexity index is 601. The number of hydrogen-bond acceptors (Lipinski definition) is 3. The van der Waals surface area contributed by atoms with Crippen LogP contribution >= 0.6 is 0 Å². The summed E-state index contributed by atoms with van der Waals surface area (Å²) in [6.07, 6.45) is 0.599. The Morgan fingerprint density at radius 3 is 2.43 bits per heavy atom. The molecule has 4 nitrogen and oxygen atoms in total. The Hall–Kier alpha value is -2.40. The van der Waals surface area contributed by atoms with E-state index in [1.54, 1.807) is 12.1 Å². The van der Waals surface area contributed by atoms with Crippen LogP contribution in [-0.4, -0.2) is 19.1 Å². The summed E-state index contributed by atoms with van der Waals surface area (Å²) in [6.45, 7) is 2.46. The van der Waals surface area contributed by atoms with E-state index >= 15 is 0 Å². The molecule has 1 amide bonds. The van der Waals surface area contributed by atoms with Crippen LogP contribution in [0.15, 0.2) is 54.6 Å². The van der Waals surface area contributed by atoms with Crippen LogP contribution in [0.4, 0.5) is 4.39 Å². The Morgan fingerprint density at radius 2 is 1.78 bits per heavy atom. The molecule has 0 radical (unpaired) electrons. The van der Waals surface area contributed by atoms with Crippen LogP contribution in [0.3, 0.4) is 0 Å². The second-order valence-corrected chi connectivity index (χ2v) is 4.99. The lowest BCUT2D eigenvalue weighted by atomic mass is 9.96. The zero-order chi connectivity index (χ0) is 16.5. The molecule has 0 aliphatic rings. The SMILES string of the molecule is CCC(C(=O)NOCCOc1ccccc1)c1ccc(F)cc1. The van der Waals surface area contributed by atoms with Crippen molar-refractivity contribution < 1.29 is 18.8 Å². The number of carbonyl (C=O) groups excluding carboxylic acids is 1. The predicted octanol–water partition coefficient (Wildman–Crippen LogP) is 3.45. The van der Waals surface area contributed by atoms with Crippen molar-refractivity contribution in [2.75, 3.05) is 13.2 Å². The molecule has 23 heavy (non-hydrogen) atoms. The van der Waals surface area contributed by atoms with Crippen molar-refractivity contribution in [2.45, 2.75) is 19.3 Å². The number of rotatable bonds is 8. The van der Waals surface area contributed by atoms with Crippen LogP contribution in [0.5, 0.6) is 5.75 Å². The summed E-state index contributed by atoms with van der Waals surface area (Å²) in [4.78, 5) is 17.3. The predicted molar refractivity (Wildman–Crippen MR) is 85.5 cm³/mol. The van der Waals surface area contributed by atoms with E-state index in [0.29, 0.717) is 13.0 Å². The third-order valence-corrected chi connectivity index (χ3v) is 3.37. The summed E-state index contributed by atoms with van der Waals surface area (Å²) >= 11 is 0. The Morgan fingerprint density at radius 1 is 1.09 bits per heavy atom. The lowest BCUT2D eigenvalue weighted by Gasteiger charge is -2.15. The molecule has 0 heterocycles. The first-order valence-electron chi connectivity index (χ1n) is 7.55. The maximum absolute atomic E-state index is 12.9. The van der Waals surface area contributed by atoms with E-state index < -0.39 is 0 Å². The quantitative estimate of drug-likeness (QED) is 0.599. The summed E-state index contributed by atoms with van der Waals surface area (Å²) in [7, 11) is 0. The molecule has 0 saturated heterocycles. The number of ether oxygens (including phenoxy) is 1. The van der Waals surface area contributed by atoms with E-state index in [2.05, 4.69) is 5.48 Å². The van der Waals surface area contributed by atoms with Gasteiger partial charge in [0.15, 0.2) is 0 Å². The Balaban J connectivity index is 1.73. The summed E-state index contributed by atoms with van der Waals surface area (Å²) in [5.41, 5.74) is 3.18. The van der Waals surface area contributed by atoms with Gasteiger partial charge in [0.05, 0.1) is 5.92 Å². The summed E-state index contributed by atoms with van der Waals surface area (Å²) in [5, 5.41) is 0. The number of hydrogen-bond donors (Lipinski definition) is 1. The zero-order valence-corrected chi connectivity index (χ0v) is 13.0. The molecule has 0 aliphatic carbocycles. The van der Waals surface area contributed by atoms with Crippen LogP contribution < -0.4 is 10.2 Å². The van der Waals surface area contributed by atoms with Crippen molar-refractivity contribution in [1.29, 1.82) is 0 Å². The number of benzene rings is 2. The highest BCUT2D eigenvalue weighted by atomic mass is 19.1. The van der Waals surface area contributed by atoms with Crippen molar-refractivity contribution >= 4 is 5.91 Å². The molecule has 2 rings (SSSR count). The minimum atomic E-state index is -0.370. The molecule has 1 unspecified atom stereocenters. The maximum Gasteiger partial charge on any atom is 0.251 e. The summed E-state index contributed by atoms with van der Waals surface area (Å²) in [5.74, 6) is -0.192. The van der Waals surface area contributed by atoms with Crippen LogP contribution in [-0.2, 0) is 9.63 Å². The van der Waals surface area contributed by atoms with Gasteiger partial charge in [0, 0.05) is 0 Å². The van der Waals surface area contributed by atoms with E-state index in [-0.39, 0.29) is 24.2 Å². The van der Waals surface area contributed by atoms with E-state index in [0.717, 1.165) is 11.3 Å². The number of halogens is 1. The number of hydroxylamine groups is 1. The molecule has 122 valence electrons. The number of amides is 1. The first kappa shape index (κ1) is 17.0. The lowest BCUT2D eigenvalue weighted by molar-refractivity contribution is -0.135. The van der Waals surface area contributed by atoms with Gasteiger partial charge in [0.25, 0.3) is 5.91 Å². The molecule has 2 aromatic carbocycles. The van der Waals surface area contributed by atoms with Gasteiger partial charge < -0.3 is 4.74 Å². The monoisotopic (exact) mass is 317 g/mol. The molecule has 0 aliphatic heterocycles. The molecule has 0 fully saturated rings. The van der Waals surface area contributed by atoms with Crippen molar-refractivity contribution in [3.63, 3.8) is 0 Å². The van der Waals surface area contributed by atoms with Crippen molar-refractivity contribution in [3.8, 4) is 5.75 Å². The van der Waals surface area contributed by atoms with Crippen LogP contribution in [0.1, 0.15) is 24.8 Å². The van der Waals surface area contributed by atoms with Gasteiger partial charge in [0.2, 0.25) is 0 Å². The third kappa shape index (κ3) is 5.38. The number of para-hydroxylation sites is 1. The second-order valence-electron chi connectivity index (χ2n) is 4.99. The standard InChI is InChI=1S/C18H20FNO3/c1-2-17(14-8-10-15(19)11-9-14)18(21)20-23-13-12-22-16-6-4-3-5-7-16/h3-11,17H,2,12-13H2,1H3,(H,20,21). The summed E-state index contributed by atoms with van der Waals surface area (Å²) in [6, 6.07) is 15.3. The fourth-order valence-corrected chi connectivity index (χ4v) is 2.18. The Labute approximate surface area is 135 Å². The van der Waals surface area contributed by atoms with E-state index in [4.69, 9.17) is 9.57 Å².